The number of amides is 1. The van der Waals surface area contributed by atoms with E-state index in [4.69, 9.17) is 37.8 Å². The van der Waals surface area contributed by atoms with Crippen LogP contribution in [0.5, 0.6) is 0 Å². The molecule has 0 atom stereocenters. The molecule has 0 aliphatic carbocycles. The fraction of sp³-hybridized carbons (Fsp3) is 0.917. The maximum atomic E-state index is 10.8. The molecule has 0 unspecified atom stereocenters. The number of carbonyl (C=O) groups is 1. The lowest BCUT2D eigenvalue weighted by atomic mass is 10.1. The summed E-state index contributed by atoms with van der Waals surface area (Å²) >= 11 is 14.4. The lowest BCUT2D eigenvalue weighted by Gasteiger charge is -2.16. The van der Waals surface area contributed by atoms with Crippen LogP contribution in [0.4, 0.5) is 4.79 Å². The van der Waals surface area contributed by atoms with Crippen molar-refractivity contribution in [2.45, 2.75) is 99.8 Å². The molecule has 0 saturated heterocycles. The topological polar surface area (TPSA) is 66.0 Å². The summed E-state index contributed by atoms with van der Waals surface area (Å²) in [5, 5.41) is 2.35. The van der Waals surface area contributed by atoms with Gasteiger partial charge >= 0.3 is 6.09 Å². The second kappa shape index (κ2) is 23.5. The number of hydrogen-bond donors (Lipinski definition) is 2. The van der Waals surface area contributed by atoms with Crippen molar-refractivity contribution < 1.29 is 23.3 Å². The van der Waals surface area contributed by atoms with E-state index in [0.717, 1.165) is 24.7 Å². The fourth-order valence-corrected chi connectivity index (χ4v) is 4.47. The largest absolute Gasteiger partial charge is 0.470 e. The molecule has 34 heavy (non-hydrogen) atoms. The number of thiol groups is 1. The van der Waals surface area contributed by atoms with E-state index in [9.17, 15) is 4.79 Å². The lowest BCUT2D eigenvalue weighted by molar-refractivity contribution is 0.153. The Hall–Kier alpha value is 0.0800. The second-order valence-corrected chi connectivity index (χ2v) is 15.1. The van der Waals surface area contributed by atoms with Gasteiger partial charge in [0.05, 0.1) is 26.4 Å². The molecule has 0 aromatic rings. The zero-order valence-electron chi connectivity index (χ0n) is 22.5. The third-order valence-electron chi connectivity index (χ3n) is 4.39. The summed E-state index contributed by atoms with van der Waals surface area (Å²) in [7, 11) is 0. The van der Waals surface area contributed by atoms with Gasteiger partial charge in [-0.3, -0.25) is 5.32 Å². The molecule has 0 bridgehead atoms. The first kappa shape index (κ1) is 36.2. The van der Waals surface area contributed by atoms with Crippen LogP contribution in [0, 0.1) is 17.8 Å². The van der Waals surface area contributed by atoms with Crippen molar-refractivity contribution in [1.29, 1.82) is 0 Å². The summed E-state index contributed by atoms with van der Waals surface area (Å²) in [6.45, 7) is 16.9. The number of nitrogens with one attached hydrogen (secondary N) is 1. The third-order valence-corrected chi connectivity index (χ3v) is 6.95. The SMILES string of the molecule is CC(C)CCCCCOP(=S)(S)OCCCCCC(C)C.CCOC(=O)NC(=S)OCC(C)C. The maximum absolute atomic E-state index is 10.8. The summed E-state index contributed by atoms with van der Waals surface area (Å²) in [5.74, 6) is 1.96. The first-order valence-corrected chi connectivity index (χ1v) is 16.8. The molecule has 0 heterocycles. The monoisotopic (exact) mass is 559 g/mol. The van der Waals surface area contributed by atoms with Crippen LogP contribution in [0.15, 0.2) is 0 Å². The Morgan fingerprint density at radius 1 is 0.824 bits per heavy atom. The molecule has 0 aromatic heterocycles. The van der Waals surface area contributed by atoms with E-state index in [0.29, 0.717) is 32.3 Å². The molecule has 0 radical (unpaired) electrons. The zero-order valence-corrected chi connectivity index (χ0v) is 25.9. The Kier molecular flexibility index (Phi) is 25.0. The molecule has 6 nitrogen and oxygen atoms in total. The van der Waals surface area contributed by atoms with Crippen LogP contribution in [-0.4, -0.2) is 37.7 Å². The summed E-state index contributed by atoms with van der Waals surface area (Å²) in [6, 6.07) is 0. The molecular weight excluding hydrogens is 509 g/mol. The maximum Gasteiger partial charge on any atom is 0.414 e. The summed E-state index contributed by atoms with van der Waals surface area (Å²) in [6.07, 6.45) is 9.08. The van der Waals surface area contributed by atoms with Gasteiger partial charge in [-0.1, -0.05) is 92.3 Å². The van der Waals surface area contributed by atoms with Crippen molar-refractivity contribution >= 4 is 53.2 Å². The van der Waals surface area contributed by atoms with Gasteiger partial charge in [-0.25, -0.2) is 4.79 Å². The number of alkyl carbamates (subject to hydrolysis) is 1. The summed E-state index contributed by atoms with van der Waals surface area (Å²) in [5.41, 5.74) is -2.30. The van der Waals surface area contributed by atoms with Gasteiger partial charge < -0.3 is 18.5 Å². The van der Waals surface area contributed by atoms with Crippen LogP contribution in [0.1, 0.15) is 99.8 Å². The predicted molar refractivity (Wildman–Crippen MR) is 155 cm³/mol. The van der Waals surface area contributed by atoms with Gasteiger partial charge in [-0.2, -0.15) is 0 Å². The van der Waals surface area contributed by atoms with E-state index in [2.05, 4.69) is 50.0 Å². The summed E-state index contributed by atoms with van der Waals surface area (Å²) < 4.78 is 20.9. The van der Waals surface area contributed by atoms with Crippen LogP contribution < -0.4 is 5.32 Å². The van der Waals surface area contributed by atoms with Crippen molar-refractivity contribution in [3.8, 4) is 0 Å². The van der Waals surface area contributed by atoms with Crippen molar-refractivity contribution in [2.24, 2.45) is 17.8 Å². The first-order chi connectivity index (χ1) is 15.9. The van der Waals surface area contributed by atoms with E-state index < -0.39 is 11.8 Å². The minimum Gasteiger partial charge on any atom is -0.470 e. The Labute approximate surface area is 225 Å². The Balaban J connectivity index is 0. The predicted octanol–water partition coefficient (Wildman–Crippen LogP) is 8.30. The standard InChI is InChI=1S/C16H35O2PS2.C8H15NO3S/c1-15(2)11-7-5-9-13-17-19(20,21)18-14-10-6-8-12-16(3)4;1-4-11-7(10)9-8(13)12-5-6(2)3/h15-16H,5-14H2,1-4H3,(H,20,21);6H,4-5H2,1-3H3,(H,9,10,13). The normalized spacial score (nSPS) is 11.4. The molecule has 10 heteroatoms. The number of rotatable bonds is 17. The second-order valence-electron chi connectivity index (χ2n) is 9.46. The number of carbonyl (C=O) groups excluding carboxylic acids is 1. The van der Waals surface area contributed by atoms with Crippen molar-refractivity contribution in [1.82, 2.24) is 5.32 Å². The number of unbranched alkanes of at least 4 members (excludes halogenated alkanes) is 4. The quantitative estimate of drug-likeness (QED) is 0.0804. The minimum absolute atomic E-state index is 0.0622. The molecule has 0 fully saturated rings. The van der Waals surface area contributed by atoms with Gasteiger partial charge in [0.15, 0.2) is 0 Å². The van der Waals surface area contributed by atoms with Crippen molar-refractivity contribution in [2.75, 3.05) is 26.4 Å². The Morgan fingerprint density at radius 3 is 1.68 bits per heavy atom. The van der Waals surface area contributed by atoms with Gasteiger partial charge in [0.2, 0.25) is 5.69 Å². The Bertz CT molecular complexity index is 539. The summed E-state index contributed by atoms with van der Waals surface area (Å²) in [4.78, 5) is 10.8. The molecule has 0 spiro atoms. The van der Waals surface area contributed by atoms with Gasteiger partial charge in [0.1, 0.15) is 0 Å². The molecule has 0 aliphatic heterocycles. The number of ether oxygens (including phenoxy) is 2. The average Bonchev–Trinajstić information content (AvgIpc) is 2.71. The van der Waals surface area contributed by atoms with Crippen LogP contribution >= 0.6 is 30.2 Å². The lowest BCUT2D eigenvalue weighted by Crippen LogP contribution is -2.32. The number of hydrogen-bond acceptors (Lipinski definition) is 7. The minimum atomic E-state index is -2.30. The Morgan fingerprint density at radius 2 is 1.29 bits per heavy atom. The molecule has 0 aliphatic rings. The molecule has 204 valence electrons. The molecule has 1 amide bonds. The van der Waals surface area contributed by atoms with E-state index >= 15 is 0 Å². The van der Waals surface area contributed by atoms with Crippen molar-refractivity contribution in [3.05, 3.63) is 0 Å². The third kappa shape index (κ3) is 30.1. The van der Waals surface area contributed by atoms with E-state index in [1.54, 1.807) is 6.92 Å². The van der Waals surface area contributed by atoms with Crippen LogP contribution in [-0.2, 0) is 30.3 Å². The van der Waals surface area contributed by atoms with Crippen LogP contribution in [0.25, 0.3) is 0 Å². The van der Waals surface area contributed by atoms with Gasteiger partial charge in [0.25, 0.3) is 5.17 Å². The van der Waals surface area contributed by atoms with Gasteiger partial charge in [-0.15, -0.1) is 0 Å². The fourth-order valence-electron chi connectivity index (χ4n) is 2.59. The molecule has 0 saturated carbocycles. The van der Waals surface area contributed by atoms with E-state index in [1.165, 1.54) is 38.5 Å². The highest BCUT2D eigenvalue weighted by atomic mass is 32.9. The highest BCUT2D eigenvalue weighted by Crippen LogP contribution is 2.53. The molecular formula is C24H50NO5PS3. The van der Waals surface area contributed by atoms with Gasteiger partial charge in [0, 0.05) is 0 Å². The van der Waals surface area contributed by atoms with Crippen LogP contribution in [0.3, 0.4) is 0 Å². The first-order valence-electron chi connectivity index (χ1n) is 12.6. The molecule has 0 rings (SSSR count). The zero-order chi connectivity index (χ0) is 26.4. The molecule has 0 aromatic carbocycles. The smallest absolute Gasteiger partial charge is 0.414 e. The van der Waals surface area contributed by atoms with Crippen LogP contribution in [0.2, 0.25) is 0 Å². The van der Waals surface area contributed by atoms with E-state index in [-0.39, 0.29) is 5.17 Å². The number of thiocarbonyl (C=S) groups is 1. The van der Waals surface area contributed by atoms with Gasteiger partial charge in [-0.05, 0) is 61.5 Å². The van der Waals surface area contributed by atoms with Crippen molar-refractivity contribution in [3.63, 3.8) is 0 Å². The highest BCUT2D eigenvalue weighted by Gasteiger charge is 2.12. The highest BCUT2D eigenvalue weighted by molar-refractivity contribution is 8.60. The average molecular weight is 560 g/mol. The van der Waals surface area contributed by atoms with E-state index in [1.807, 2.05) is 13.8 Å². The molecule has 1 N–H and O–H groups in total.